The van der Waals surface area contributed by atoms with Crippen molar-refractivity contribution in [2.24, 2.45) is 5.92 Å². The third-order valence-electron chi connectivity index (χ3n) is 4.89. The molecular weight excluding hydrogens is 420 g/mol. The second kappa shape index (κ2) is 9.30. The number of nitrogens with zero attached hydrogens (tertiary/aromatic N) is 2. The number of hydrogen-bond donors (Lipinski definition) is 2. The number of halogens is 1. The molecule has 2 amide bonds. The molecule has 1 atom stereocenters. The van der Waals surface area contributed by atoms with Crippen molar-refractivity contribution in [2.45, 2.75) is 26.7 Å². The number of benzene rings is 1. The SMILES string of the molecule is Cc1ccc(C)c(NC(=O)CN2CCC[C@@H](C(=O)Nc3ccc(Br)cn3)C2)c1. The lowest BCUT2D eigenvalue weighted by atomic mass is 9.97. The summed E-state index contributed by atoms with van der Waals surface area (Å²) < 4.78 is 0.865. The van der Waals surface area contributed by atoms with Crippen LogP contribution in [0, 0.1) is 19.8 Å². The van der Waals surface area contributed by atoms with E-state index in [9.17, 15) is 9.59 Å². The van der Waals surface area contributed by atoms with Crippen LogP contribution < -0.4 is 10.6 Å². The number of likely N-dealkylation sites (tertiary alicyclic amines) is 1. The van der Waals surface area contributed by atoms with E-state index < -0.39 is 0 Å². The molecule has 1 aromatic carbocycles. The van der Waals surface area contributed by atoms with E-state index in [0.29, 0.717) is 12.4 Å². The molecule has 2 aromatic rings. The van der Waals surface area contributed by atoms with Crippen LogP contribution in [0.3, 0.4) is 0 Å². The highest BCUT2D eigenvalue weighted by atomic mass is 79.9. The summed E-state index contributed by atoms with van der Waals surface area (Å²) in [5.41, 5.74) is 2.99. The molecule has 0 spiro atoms. The zero-order valence-corrected chi connectivity index (χ0v) is 17.8. The van der Waals surface area contributed by atoms with Gasteiger partial charge in [-0.2, -0.15) is 0 Å². The number of pyridine rings is 1. The molecule has 6 nitrogen and oxygen atoms in total. The monoisotopic (exact) mass is 444 g/mol. The van der Waals surface area contributed by atoms with Crippen molar-refractivity contribution in [1.29, 1.82) is 0 Å². The van der Waals surface area contributed by atoms with Crippen LogP contribution in [-0.4, -0.2) is 41.3 Å². The number of carbonyl (C=O) groups excluding carboxylic acids is 2. The maximum absolute atomic E-state index is 12.6. The van der Waals surface area contributed by atoms with Crippen molar-refractivity contribution in [3.05, 3.63) is 52.1 Å². The van der Waals surface area contributed by atoms with Gasteiger partial charge in [-0.3, -0.25) is 14.5 Å². The molecule has 3 rings (SSSR count). The molecular formula is C21H25BrN4O2. The maximum atomic E-state index is 12.6. The Morgan fingerprint density at radius 2 is 2.04 bits per heavy atom. The minimum Gasteiger partial charge on any atom is -0.325 e. The average Bonchev–Trinajstić information content (AvgIpc) is 2.66. The van der Waals surface area contributed by atoms with Crippen molar-refractivity contribution in [1.82, 2.24) is 9.88 Å². The van der Waals surface area contributed by atoms with Crippen LogP contribution in [0.5, 0.6) is 0 Å². The molecule has 1 aliphatic heterocycles. The lowest BCUT2D eigenvalue weighted by Crippen LogP contribution is -2.44. The first kappa shape index (κ1) is 20.5. The number of nitrogens with one attached hydrogen (secondary N) is 2. The van der Waals surface area contributed by atoms with E-state index in [1.807, 2.05) is 43.0 Å². The van der Waals surface area contributed by atoms with Crippen LogP contribution in [0.4, 0.5) is 11.5 Å². The fraction of sp³-hybridized carbons (Fsp3) is 0.381. The second-order valence-corrected chi connectivity index (χ2v) is 8.21. The predicted molar refractivity (Wildman–Crippen MR) is 114 cm³/mol. The summed E-state index contributed by atoms with van der Waals surface area (Å²) in [4.78, 5) is 31.3. The van der Waals surface area contributed by atoms with Gasteiger partial charge in [0.25, 0.3) is 0 Å². The van der Waals surface area contributed by atoms with Gasteiger partial charge in [-0.05, 0) is 78.5 Å². The van der Waals surface area contributed by atoms with Gasteiger partial charge in [-0.25, -0.2) is 4.98 Å². The normalized spacial score (nSPS) is 17.2. The van der Waals surface area contributed by atoms with Gasteiger partial charge in [0.2, 0.25) is 11.8 Å². The minimum atomic E-state index is -0.146. The number of aromatic nitrogens is 1. The summed E-state index contributed by atoms with van der Waals surface area (Å²) in [5, 5.41) is 5.86. The van der Waals surface area contributed by atoms with Gasteiger partial charge in [-0.1, -0.05) is 12.1 Å². The molecule has 0 aliphatic carbocycles. The van der Waals surface area contributed by atoms with E-state index in [1.165, 1.54) is 0 Å². The average molecular weight is 445 g/mol. The highest BCUT2D eigenvalue weighted by molar-refractivity contribution is 9.10. The Labute approximate surface area is 173 Å². The number of aryl methyl sites for hydroxylation is 2. The van der Waals surface area contributed by atoms with Crippen LogP contribution >= 0.6 is 15.9 Å². The molecule has 28 heavy (non-hydrogen) atoms. The highest BCUT2D eigenvalue weighted by Crippen LogP contribution is 2.20. The zero-order chi connectivity index (χ0) is 20.1. The number of carbonyl (C=O) groups is 2. The third-order valence-corrected chi connectivity index (χ3v) is 5.36. The number of rotatable bonds is 5. The first-order valence-corrected chi connectivity index (χ1v) is 10.2. The van der Waals surface area contributed by atoms with Crippen molar-refractivity contribution >= 4 is 39.2 Å². The summed E-state index contributed by atoms with van der Waals surface area (Å²) >= 11 is 3.33. The van der Waals surface area contributed by atoms with E-state index in [1.54, 1.807) is 12.3 Å². The number of amides is 2. The molecule has 0 bridgehead atoms. The first-order chi connectivity index (χ1) is 13.4. The van der Waals surface area contributed by atoms with Crippen molar-refractivity contribution in [3.8, 4) is 0 Å². The Morgan fingerprint density at radius 3 is 2.79 bits per heavy atom. The van der Waals surface area contributed by atoms with E-state index in [-0.39, 0.29) is 24.3 Å². The van der Waals surface area contributed by atoms with Gasteiger partial charge in [0.15, 0.2) is 0 Å². The van der Waals surface area contributed by atoms with Crippen LogP contribution in [0.15, 0.2) is 41.0 Å². The summed E-state index contributed by atoms with van der Waals surface area (Å²) in [7, 11) is 0. The zero-order valence-electron chi connectivity index (χ0n) is 16.2. The standard InChI is InChI=1S/C21H25BrN4O2/c1-14-5-6-15(2)18(10-14)24-20(27)13-26-9-3-4-16(12-26)21(28)25-19-8-7-17(22)11-23-19/h5-8,10-11,16H,3-4,9,12-13H2,1-2H3,(H,24,27)(H,23,25,28)/t16-/m1/s1. The molecule has 7 heteroatoms. The Hall–Kier alpha value is -2.25. The molecule has 2 N–H and O–H groups in total. The highest BCUT2D eigenvalue weighted by Gasteiger charge is 2.27. The topological polar surface area (TPSA) is 74.3 Å². The van der Waals surface area contributed by atoms with Crippen molar-refractivity contribution in [2.75, 3.05) is 30.3 Å². The molecule has 0 saturated carbocycles. The van der Waals surface area contributed by atoms with Gasteiger partial charge >= 0.3 is 0 Å². The third kappa shape index (κ3) is 5.62. The molecule has 148 valence electrons. The minimum absolute atomic E-state index is 0.0468. The Kier molecular flexibility index (Phi) is 6.80. The first-order valence-electron chi connectivity index (χ1n) is 9.42. The molecule has 1 aromatic heterocycles. The van der Waals surface area contributed by atoms with Gasteiger partial charge < -0.3 is 10.6 Å². The van der Waals surface area contributed by atoms with Crippen molar-refractivity contribution in [3.63, 3.8) is 0 Å². The second-order valence-electron chi connectivity index (χ2n) is 7.29. The molecule has 1 aliphatic rings. The van der Waals surface area contributed by atoms with E-state index in [0.717, 1.165) is 40.7 Å². The smallest absolute Gasteiger partial charge is 0.238 e. The molecule has 1 fully saturated rings. The van der Waals surface area contributed by atoms with Crippen LogP contribution in [0.1, 0.15) is 24.0 Å². The Bertz CT molecular complexity index is 854. The van der Waals surface area contributed by atoms with E-state index >= 15 is 0 Å². The lowest BCUT2D eigenvalue weighted by molar-refractivity contribution is -0.123. The summed E-state index contributed by atoms with van der Waals surface area (Å²) in [6.07, 6.45) is 3.36. The molecule has 1 saturated heterocycles. The van der Waals surface area contributed by atoms with Gasteiger partial charge in [0.05, 0.1) is 12.5 Å². The fourth-order valence-electron chi connectivity index (χ4n) is 3.35. The Morgan fingerprint density at radius 1 is 1.21 bits per heavy atom. The Balaban J connectivity index is 1.54. The van der Waals surface area contributed by atoms with E-state index in [4.69, 9.17) is 0 Å². The summed E-state index contributed by atoms with van der Waals surface area (Å²) in [6.45, 7) is 5.66. The summed E-state index contributed by atoms with van der Waals surface area (Å²) in [5.74, 6) is 0.296. The predicted octanol–water partition coefficient (Wildman–Crippen LogP) is 3.75. The molecule has 0 radical (unpaired) electrons. The lowest BCUT2D eigenvalue weighted by Gasteiger charge is -2.31. The quantitative estimate of drug-likeness (QED) is 0.736. The maximum Gasteiger partial charge on any atom is 0.238 e. The van der Waals surface area contributed by atoms with Gasteiger partial charge in [0.1, 0.15) is 5.82 Å². The van der Waals surface area contributed by atoms with E-state index in [2.05, 4.69) is 31.5 Å². The van der Waals surface area contributed by atoms with Gasteiger partial charge in [-0.15, -0.1) is 0 Å². The number of hydrogen-bond acceptors (Lipinski definition) is 4. The largest absolute Gasteiger partial charge is 0.325 e. The van der Waals surface area contributed by atoms with Gasteiger partial charge in [0, 0.05) is 22.9 Å². The number of anilines is 2. The van der Waals surface area contributed by atoms with Crippen LogP contribution in [-0.2, 0) is 9.59 Å². The molecule has 0 unspecified atom stereocenters. The fourth-order valence-corrected chi connectivity index (χ4v) is 3.59. The summed E-state index contributed by atoms with van der Waals surface area (Å²) in [6, 6.07) is 9.61. The number of piperidine rings is 1. The van der Waals surface area contributed by atoms with Crippen molar-refractivity contribution < 1.29 is 9.59 Å². The van der Waals surface area contributed by atoms with Crippen LogP contribution in [0.2, 0.25) is 0 Å². The molecule has 2 heterocycles. The van der Waals surface area contributed by atoms with Crippen LogP contribution in [0.25, 0.3) is 0 Å².